The maximum absolute atomic E-state index is 13.6. The SMILES string of the molecule is Cc1ccc(COc2ccc(/C=C3\SC(=Nc4ccc(C)cc4)N(c4ccc(C)cc4)C3=O)cc2Br)cc1. The second-order valence-electron chi connectivity index (χ2n) is 9.28. The van der Waals surface area contributed by atoms with E-state index < -0.39 is 0 Å². The lowest BCUT2D eigenvalue weighted by atomic mass is 10.1. The highest BCUT2D eigenvalue weighted by Gasteiger charge is 2.34. The number of amides is 1. The Morgan fingerprint density at radius 2 is 1.45 bits per heavy atom. The number of halogens is 1. The molecule has 0 unspecified atom stereocenters. The third-order valence-electron chi connectivity index (χ3n) is 6.13. The molecule has 1 amide bonds. The predicted octanol–water partition coefficient (Wildman–Crippen LogP) is 8.76. The number of nitrogens with zero attached hydrogens (tertiary/aromatic N) is 2. The molecular formula is C32H27BrN2O2S. The third-order valence-corrected chi connectivity index (χ3v) is 7.71. The third kappa shape index (κ3) is 6.09. The van der Waals surface area contributed by atoms with Crippen LogP contribution in [0.25, 0.3) is 6.08 Å². The van der Waals surface area contributed by atoms with Gasteiger partial charge in [-0.05, 0) is 102 Å². The molecule has 6 heteroatoms. The Morgan fingerprint density at radius 3 is 2.08 bits per heavy atom. The van der Waals surface area contributed by atoms with Crippen LogP contribution in [0.2, 0.25) is 0 Å². The summed E-state index contributed by atoms with van der Waals surface area (Å²) in [5.74, 6) is 0.654. The molecule has 1 aliphatic heterocycles. The van der Waals surface area contributed by atoms with Crippen LogP contribution in [0.15, 0.2) is 105 Å². The fourth-order valence-corrected chi connectivity index (χ4v) is 5.43. The van der Waals surface area contributed by atoms with E-state index in [-0.39, 0.29) is 5.91 Å². The minimum atomic E-state index is -0.0967. The lowest BCUT2D eigenvalue weighted by Gasteiger charge is -2.16. The maximum Gasteiger partial charge on any atom is 0.271 e. The van der Waals surface area contributed by atoms with E-state index in [1.54, 1.807) is 4.90 Å². The molecule has 1 heterocycles. The first-order valence-corrected chi connectivity index (χ1v) is 13.9. The summed E-state index contributed by atoms with van der Waals surface area (Å²) in [5.41, 5.74) is 7.13. The molecule has 0 atom stereocenters. The number of carbonyl (C=O) groups excluding carboxylic acids is 1. The topological polar surface area (TPSA) is 41.9 Å². The van der Waals surface area contributed by atoms with Crippen LogP contribution >= 0.6 is 27.7 Å². The van der Waals surface area contributed by atoms with Gasteiger partial charge in [-0.25, -0.2) is 4.99 Å². The van der Waals surface area contributed by atoms with Crippen LogP contribution in [0.5, 0.6) is 5.75 Å². The second kappa shape index (κ2) is 11.4. The van der Waals surface area contributed by atoms with Crippen LogP contribution < -0.4 is 9.64 Å². The number of anilines is 1. The monoisotopic (exact) mass is 582 g/mol. The number of thioether (sulfide) groups is 1. The van der Waals surface area contributed by atoms with E-state index in [0.29, 0.717) is 16.7 Å². The van der Waals surface area contributed by atoms with Crippen LogP contribution in [0.4, 0.5) is 11.4 Å². The number of aliphatic imine (C=N–C) groups is 1. The molecule has 0 aromatic heterocycles. The van der Waals surface area contributed by atoms with Gasteiger partial charge in [0, 0.05) is 0 Å². The summed E-state index contributed by atoms with van der Waals surface area (Å²) in [7, 11) is 0. The van der Waals surface area contributed by atoms with E-state index in [1.807, 2.05) is 86.7 Å². The molecule has 0 N–H and O–H groups in total. The molecule has 4 nitrogen and oxygen atoms in total. The average Bonchev–Trinajstić information content (AvgIpc) is 3.20. The average molecular weight is 584 g/mol. The van der Waals surface area contributed by atoms with Crippen LogP contribution in [-0.4, -0.2) is 11.1 Å². The summed E-state index contributed by atoms with van der Waals surface area (Å²) >= 11 is 5.01. The quantitative estimate of drug-likeness (QED) is 0.213. The predicted molar refractivity (Wildman–Crippen MR) is 162 cm³/mol. The number of aryl methyl sites for hydroxylation is 3. The summed E-state index contributed by atoms with van der Waals surface area (Å²) < 4.78 is 6.85. The first kappa shape index (κ1) is 26.0. The Bertz CT molecular complexity index is 1530. The van der Waals surface area contributed by atoms with Crippen molar-refractivity contribution in [3.8, 4) is 5.75 Å². The van der Waals surface area contributed by atoms with Crippen molar-refractivity contribution in [2.24, 2.45) is 4.99 Å². The molecule has 5 rings (SSSR count). The van der Waals surface area contributed by atoms with Crippen molar-refractivity contribution in [2.45, 2.75) is 27.4 Å². The number of hydrogen-bond acceptors (Lipinski definition) is 4. The normalized spacial score (nSPS) is 15.5. The highest BCUT2D eigenvalue weighted by Crippen LogP contribution is 2.38. The smallest absolute Gasteiger partial charge is 0.271 e. The van der Waals surface area contributed by atoms with Gasteiger partial charge in [0.2, 0.25) is 0 Å². The van der Waals surface area contributed by atoms with Gasteiger partial charge in [0.05, 0.1) is 20.8 Å². The molecule has 1 aliphatic rings. The van der Waals surface area contributed by atoms with Gasteiger partial charge in [-0.2, -0.15) is 0 Å². The Labute approximate surface area is 236 Å². The minimum Gasteiger partial charge on any atom is -0.488 e. The zero-order chi connectivity index (χ0) is 26.6. The molecule has 38 heavy (non-hydrogen) atoms. The van der Waals surface area contributed by atoms with Crippen molar-refractivity contribution in [3.63, 3.8) is 0 Å². The number of rotatable bonds is 6. The fourth-order valence-electron chi connectivity index (χ4n) is 3.92. The first-order chi connectivity index (χ1) is 18.4. The Hall–Kier alpha value is -3.61. The second-order valence-corrected chi connectivity index (χ2v) is 11.1. The summed E-state index contributed by atoms with van der Waals surface area (Å²) in [5, 5.41) is 0.631. The fraction of sp³-hybridized carbons (Fsp3) is 0.125. The summed E-state index contributed by atoms with van der Waals surface area (Å²) in [6, 6.07) is 30.1. The zero-order valence-electron chi connectivity index (χ0n) is 21.4. The van der Waals surface area contributed by atoms with Crippen LogP contribution in [0.1, 0.15) is 27.8 Å². The van der Waals surface area contributed by atoms with E-state index in [1.165, 1.54) is 17.3 Å². The summed E-state index contributed by atoms with van der Waals surface area (Å²) in [6.07, 6.45) is 1.90. The zero-order valence-corrected chi connectivity index (χ0v) is 23.8. The Kier molecular flexibility index (Phi) is 7.82. The number of carbonyl (C=O) groups is 1. The highest BCUT2D eigenvalue weighted by molar-refractivity contribution is 9.10. The Balaban J connectivity index is 1.41. The van der Waals surface area contributed by atoms with Crippen molar-refractivity contribution >= 4 is 56.2 Å². The van der Waals surface area contributed by atoms with E-state index in [2.05, 4.69) is 47.1 Å². The standard InChI is InChI=1S/C32H27BrN2O2S/c1-21-4-10-24(11-5-21)20-37-29-17-12-25(18-28(29)33)19-30-31(36)35(27-15-8-23(3)9-16-27)32(38-30)34-26-13-6-22(2)7-14-26/h4-19H,20H2,1-3H3/b30-19-,34-32?. The largest absolute Gasteiger partial charge is 0.488 e. The van der Waals surface area contributed by atoms with Crippen LogP contribution in [-0.2, 0) is 11.4 Å². The molecule has 4 aromatic carbocycles. The van der Waals surface area contributed by atoms with Gasteiger partial charge in [-0.1, -0.05) is 71.3 Å². The number of benzene rings is 4. The highest BCUT2D eigenvalue weighted by atomic mass is 79.9. The summed E-state index contributed by atoms with van der Waals surface area (Å²) in [6.45, 7) is 6.63. The molecule has 0 bridgehead atoms. The Morgan fingerprint density at radius 1 is 0.842 bits per heavy atom. The number of amidine groups is 1. The van der Waals surface area contributed by atoms with Gasteiger partial charge in [-0.15, -0.1) is 0 Å². The lowest BCUT2D eigenvalue weighted by molar-refractivity contribution is -0.113. The number of ether oxygens (including phenoxy) is 1. The van der Waals surface area contributed by atoms with Crippen molar-refractivity contribution in [1.82, 2.24) is 0 Å². The van der Waals surface area contributed by atoms with E-state index >= 15 is 0 Å². The molecule has 190 valence electrons. The van der Waals surface area contributed by atoms with E-state index in [9.17, 15) is 4.79 Å². The van der Waals surface area contributed by atoms with Gasteiger partial charge in [0.1, 0.15) is 12.4 Å². The molecule has 0 spiro atoms. The van der Waals surface area contributed by atoms with Crippen molar-refractivity contribution in [2.75, 3.05) is 4.90 Å². The van der Waals surface area contributed by atoms with Crippen LogP contribution in [0, 0.1) is 20.8 Å². The minimum absolute atomic E-state index is 0.0967. The molecule has 4 aromatic rings. The molecule has 1 fully saturated rings. The molecule has 1 saturated heterocycles. The first-order valence-electron chi connectivity index (χ1n) is 12.3. The molecular weight excluding hydrogens is 556 g/mol. The van der Waals surface area contributed by atoms with Gasteiger partial charge in [0.15, 0.2) is 5.17 Å². The molecule has 0 radical (unpaired) electrons. The van der Waals surface area contributed by atoms with Gasteiger partial charge >= 0.3 is 0 Å². The van der Waals surface area contributed by atoms with Crippen molar-refractivity contribution in [3.05, 3.63) is 128 Å². The van der Waals surface area contributed by atoms with Gasteiger partial charge in [0.25, 0.3) is 5.91 Å². The van der Waals surface area contributed by atoms with Gasteiger partial charge in [-0.3, -0.25) is 9.69 Å². The van der Waals surface area contributed by atoms with E-state index in [4.69, 9.17) is 9.73 Å². The lowest BCUT2D eigenvalue weighted by Crippen LogP contribution is -2.28. The number of hydrogen-bond donors (Lipinski definition) is 0. The van der Waals surface area contributed by atoms with E-state index in [0.717, 1.165) is 43.9 Å². The summed E-state index contributed by atoms with van der Waals surface area (Å²) in [4.78, 5) is 20.7. The van der Waals surface area contributed by atoms with Crippen molar-refractivity contribution < 1.29 is 9.53 Å². The maximum atomic E-state index is 13.6. The molecule has 0 saturated carbocycles. The van der Waals surface area contributed by atoms with Crippen LogP contribution in [0.3, 0.4) is 0 Å². The van der Waals surface area contributed by atoms with Crippen molar-refractivity contribution in [1.29, 1.82) is 0 Å². The molecule has 0 aliphatic carbocycles. The van der Waals surface area contributed by atoms with Gasteiger partial charge < -0.3 is 4.74 Å².